The van der Waals surface area contributed by atoms with E-state index in [0.717, 1.165) is 6.07 Å². The van der Waals surface area contributed by atoms with Crippen molar-refractivity contribution in [2.75, 3.05) is 35.8 Å². The first-order chi connectivity index (χ1) is 16.8. The van der Waals surface area contributed by atoms with Gasteiger partial charge in [-0.2, -0.15) is 5.26 Å². The van der Waals surface area contributed by atoms with Gasteiger partial charge in [0.2, 0.25) is 0 Å². The molecule has 0 spiro atoms. The van der Waals surface area contributed by atoms with Crippen LogP contribution >= 0.6 is 0 Å². The number of carbonyl (C=O) groups is 1. The Bertz CT molecular complexity index is 1410. The van der Waals surface area contributed by atoms with Crippen LogP contribution in [0.1, 0.15) is 15.9 Å². The number of nitro benzene ring substituents is 1. The molecule has 1 aromatic heterocycles. The number of anilines is 2. The summed E-state index contributed by atoms with van der Waals surface area (Å²) in [4.78, 5) is 30.9. The lowest BCUT2D eigenvalue weighted by atomic mass is 10.1. The Morgan fingerprint density at radius 3 is 2.43 bits per heavy atom. The average molecular weight is 493 g/mol. The molecule has 0 radical (unpaired) electrons. The number of pyridine rings is 1. The van der Waals surface area contributed by atoms with E-state index in [1.807, 2.05) is 4.90 Å². The predicted molar refractivity (Wildman–Crippen MR) is 127 cm³/mol. The second-order valence-corrected chi connectivity index (χ2v) is 9.39. The summed E-state index contributed by atoms with van der Waals surface area (Å²) in [6.45, 7) is 1.94. The highest BCUT2D eigenvalue weighted by Crippen LogP contribution is 2.22. The third-order valence-corrected chi connectivity index (χ3v) is 6.88. The first-order valence-electron chi connectivity index (χ1n) is 10.6. The molecule has 35 heavy (non-hydrogen) atoms. The highest BCUT2D eigenvalue weighted by Gasteiger charge is 2.24. The molecule has 0 aliphatic carbocycles. The SMILES string of the molecule is N#Cc1cccnc1N1CCN(C(=O)c2ccc(NS(=O)(=O)c3cccc([N+](=O)[O-])c3)cc2)CC1. The molecule has 0 bridgehead atoms. The summed E-state index contributed by atoms with van der Waals surface area (Å²) in [5, 5.41) is 20.2. The fourth-order valence-corrected chi connectivity index (χ4v) is 4.80. The van der Waals surface area contributed by atoms with Crippen molar-refractivity contribution in [2.24, 2.45) is 0 Å². The molecule has 4 rings (SSSR count). The van der Waals surface area contributed by atoms with Gasteiger partial charge in [0.1, 0.15) is 11.9 Å². The molecule has 11 nitrogen and oxygen atoms in total. The van der Waals surface area contributed by atoms with Gasteiger partial charge in [-0.3, -0.25) is 19.6 Å². The quantitative estimate of drug-likeness (QED) is 0.408. The van der Waals surface area contributed by atoms with E-state index < -0.39 is 14.9 Å². The van der Waals surface area contributed by atoms with Crippen LogP contribution in [-0.4, -0.2) is 55.3 Å². The Kier molecular flexibility index (Phi) is 6.61. The summed E-state index contributed by atoms with van der Waals surface area (Å²) in [7, 11) is -4.05. The van der Waals surface area contributed by atoms with E-state index in [0.29, 0.717) is 43.1 Å². The Morgan fingerprint density at radius 1 is 1.06 bits per heavy atom. The standard InChI is InChI=1S/C23H20N6O5S/c24-16-18-3-2-10-25-22(18)27-11-13-28(14-12-27)23(30)17-6-8-19(9-7-17)26-35(33,34)21-5-1-4-20(15-21)29(31)32/h1-10,15,26H,11-14H2. The van der Waals surface area contributed by atoms with Crippen molar-refractivity contribution >= 4 is 33.1 Å². The zero-order valence-electron chi connectivity index (χ0n) is 18.4. The zero-order chi connectivity index (χ0) is 25.0. The van der Waals surface area contributed by atoms with E-state index in [-0.39, 0.29) is 22.2 Å². The van der Waals surface area contributed by atoms with Crippen molar-refractivity contribution in [3.8, 4) is 6.07 Å². The molecule has 0 saturated carbocycles. The van der Waals surface area contributed by atoms with Gasteiger partial charge in [0.05, 0.1) is 15.4 Å². The lowest BCUT2D eigenvalue weighted by Crippen LogP contribution is -2.49. The van der Waals surface area contributed by atoms with Gasteiger partial charge in [-0.15, -0.1) is 0 Å². The van der Waals surface area contributed by atoms with E-state index in [4.69, 9.17) is 0 Å². The maximum absolute atomic E-state index is 12.9. The normalized spacial score (nSPS) is 13.7. The minimum absolute atomic E-state index is 0.195. The van der Waals surface area contributed by atoms with Crippen LogP contribution in [0.15, 0.2) is 71.8 Å². The van der Waals surface area contributed by atoms with Crippen molar-refractivity contribution in [1.82, 2.24) is 9.88 Å². The zero-order valence-corrected chi connectivity index (χ0v) is 19.2. The largest absolute Gasteiger partial charge is 0.352 e. The smallest absolute Gasteiger partial charge is 0.270 e. The predicted octanol–water partition coefficient (Wildman–Crippen LogP) is 2.62. The van der Waals surface area contributed by atoms with Gasteiger partial charge in [0.25, 0.3) is 21.6 Å². The van der Waals surface area contributed by atoms with Crippen LogP contribution in [0.4, 0.5) is 17.2 Å². The molecular formula is C23H20N6O5S. The molecule has 1 N–H and O–H groups in total. The second kappa shape index (κ2) is 9.78. The summed E-state index contributed by atoms with van der Waals surface area (Å²) in [5.41, 5.74) is 0.764. The number of benzene rings is 2. The summed E-state index contributed by atoms with van der Waals surface area (Å²) < 4.78 is 27.6. The number of nitriles is 1. The van der Waals surface area contributed by atoms with Crippen LogP contribution in [0.2, 0.25) is 0 Å². The third-order valence-electron chi connectivity index (χ3n) is 5.50. The molecule has 3 aromatic rings. The molecule has 2 heterocycles. The highest BCUT2D eigenvalue weighted by atomic mass is 32.2. The van der Waals surface area contributed by atoms with Crippen molar-refractivity contribution in [3.05, 3.63) is 88.1 Å². The van der Waals surface area contributed by atoms with Gasteiger partial charge < -0.3 is 9.80 Å². The minimum Gasteiger partial charge on any atom is -0.352 e. The Labute approximate surface area is 201 Å². The van der Waals surface area contributed by atoms with Gasteiger partial charge in [0.15, 0.2) is 0 Å². The molecule has 1 saturated heterocycles. The number of aromatic nitrogens is 1. The Balaban J connectivity index is 1.40. The molecule has 1 amide bonds. The van der Waals surface area contributed by atoms with E-state index >= 15 is 0 Å². The van der Waals surface area contributed by atoms with Gasteiger partial charge in [-0.1, -0.05) is 6.07 Å². The first kappa shape index (κ1) is 23.7. The van der Waals surface area contributed by atoms with Crippen molar-refractivity contribution in [1.29, 1.82) is 5.26 Å². The number of sulfonamides is 1. The monoisotopic (exact) mass is 492 g/mol. The highest BCUT2D eigenvalue weighted by molar-refractivity contribution is 7.92. The van der Waals surface area contributed by atoms with E-state index in [9.17, 15) is 28.6 Å². The number of carbonyl (C=O) groups excluding carboxylic acids is 1. The average Bonchev–Trinajstić information content (AvgIpc) is 2.88. The molecule has 1 aliphatic heterocycles. The number of hydrogen-bond donors (Lipinski definition) is 1. The second-order valence-electron chi connectivity index (χ2n) is 7.70. The number of hydrogen-bond acceptors (Lipinski definition) is 8. The van der Waals surface area contributed by atoms with Crippen molar-refractivity contribution < 1.29 is 18.1 Å². The van der Waals surface area contributed by atoms with Crippen LogP contribution in [0.25, 0.3) is 0 Å². The van der Waals surface area contributed by atoms with Crippen LogP contribution in [0, 0.1) is 21.4 Å². The van der Waals surface area contributed by atoms with Gasteiger partial charge >= 0.3 is 0 Å². The number of piperazine rings is 1. The number of non-ortho nitro benzene ring substituents is 1. The van der Waals surface area contributed by atoms with Crippen molar-refractivity contribution in [2.45, 2.75) is 4.90 Å². The van der Waals surface area contributed by atoms with Crippen molar-refractivity contribution in [3.63, 3.8) is 0 Å². The fourth-order valence-electron chi connectivity index (χ4n) is 3.70. The van der Waals surface area contributed by atoms with Crippen LogP contribution in [-0.2, 0) is 10.0 Å². The first-order valence-corrected chi connectivity index (χ1v) is 12.0. The van der Waals surface area contributed by atoms with E-state index in [2.05, 4.69) is 15.8 Å². The lowest BCUT2D eigenvalue weighted by Gasteiger charge is -2.35. The maximum Gasteiger partial charge on any atom is 0.270 e. The Hall–Kier alpha value is -4.50. The van der Waals surface area contributed by atoms with E-state index in [1.54, 1.807) is 23.2 Å². The molecule has 178 valence electrons. The number of nitrogens with one attached hydrogen (secondary N) is 1. The fraction of sp³-hybridized carbons (Fsp3) is 0.174. The molecule has 1 aliphatic rings. The van der Waals surface area contributed by atoms with Gasteiger partial charge in [-0.05, 0) is 42.5 Å². The summed E-state index contributed by atoms with van der Waals surface area (Å²) in [6, 6.07) is 16.2. The van der Waals surface area contributed by atoms with Gasteiger partial charge in [-0.25, -0.2) is 13.4 Å². The molecule has 0 unspecified atom stereocenters. The number of rotatable bonds is 6. The summed E-state index contributed by atoms with van der Waals surface area (Å²) >= 11 is 0. The van der Waals surface area contributed by atoms with Crippen LogP contribution in [0.5, 0.6) is 0 Å². The van der Waals surface area contributed by atoms with Crippen LogP contribution in [0.3, 0.4) is 0 Å². The Morgan fingerprint density at radius 2 is 1.77 bits per heavy atom. The summed E-state index contributed by atoms with van der Waals surface area (Å²) in [5.74, 6) is 0.404. The molecular weight excluding hydrogens is 472 g/mol. The lowest BCUT2D eigenvalue weighted by molar-refractivity contribution is -0.385. The number of amides is 1. The van der Waals surface area contributed by atoms with Crippen LogP contribution < -0.4 is 9.62 Å². The molecule has 1 fully saturated rings. The molecule has 0 atom stereocenters. The number of nitrogens with zero attached hydrogens (tertiary/aromatic N) is 5. The van der Waals surface area contributed by atoms with Gasteiger partial charge in [0, 0.05) is 55.8 Å². The number of nitro groups is 1. The molecule has 2 aromatic carbocycles. The minimum atomic E-state index is -4.05. The summed E-state index contributed by atoms with van der Waals surface area (Å²) in [6.07, 6.45) is 1.63. The topological polar surface area (TPSA) is 150 Å². The van der Waals surface area contributed by atoms with E-state index in [1.165, 1.54) is 42.5 Å². The molecule has 12 heteroatoms. The maximum atomic E-state index is 12.9. The third kappa shape index (κ3) is 5.20.